The van der Waals surface area contributed by atoms with Gasteiger partial charge in [-0.15, -0.1) is 23.2 Å². The van der Waals surface area contributed by atoms with Crippen molar-refractivity contribution in [3.8, 4) is 0 Å². The molecule has 0 saturated heterocycles. The second kappa shape index (κ2) is 7.07. The lowest BCUT2D eigenvalue weighted by molar-refractivity contribution is 0.273. The van der Waals surface area contributed by atoms with Crippen molar-refractivity contribution >= 4 is 33.0 Å². The fourth-order valence-electron chi connectivity index (χ4n) is 1.96. The molecule has 0 fully saturated rings. The zero-order valence-electron chi connectivity index (χ0n) is 10.3. The van der Waals surface area contributed by atoms with E-state index in [1.54, 1.807) is 0 Å². The van der Waals surface area contributed by atoms with Gasteiger partial charge in [0.2, 0.25) is 0 Å². The van der Waals surface area contributed by atoms with Crippen molar-refractivity contribution in [3.05, 3.63) is 0 Å². The first-order valence-electron chi connectivity index (χ1n) is 5.54. The van der Waals surface area contributed by atoms with Crippen molar-refractivity contribution < 1.29 is 8.42 Å². The zero-order chi connectivity index (χ0) is 12.8. The smallest absolute Gasteiger partial charge is 0.147 e. The summed E-state index contributed by atoms with van der Waals surface area (Å²) in [5.41, 5.74) is -0.109. The van der Waals surface area contributed by atoms with Crippen LogP contribution in [0.2, 0.25) is 0 Å². The van der Waals surface area contributed by atoms with Gasteiger partial charge in [-0.2, -0.15) is 0 Å². The average Bonchev–Trinajstić information content (AvgIpc) is 2.13. The van der Waals surface area contributed by atoms with Gasteiger partial charge >= 0.3 is 0 Å². The van der Waals surface area contributed by atoms with Gasteiger partial charge in [0, 0.05) is 23.8 Å². The van der Waals surface area contributed by atoms with E-state index in [0.29, 0.717) is 24.1 Å². The van der Waals surface area contributed by atoms with E-state index < -0.39 is 9.84 Å². The highest BCUT2D eigenvalue weighted by molar-refractivity contribution is 7.90. The molecule has 0 aliphatic rings. The van der Waals surface area contributed by atoms with E-state index in [1.165, 1.54) is 6.26 Å². The van der Waals surface area contributed by atoms with Crippen LogP contribution in [0.3, 0.4) is 0 Å². The third kappa shape index (κ3) is 6.97. The van der Waals surface area contributed by atoms with Gasteiger partial charge in [-0.25, -0.2) is 8.42 Å². The van der Waals surface area contributed by atoms with E-state index in [4.69, 9.17) is 23.2 Å². The third-order valence-electron chi connectivity index (χ3n) is 2.63. The summed E-state index contributed by atoms with van der Waals surface area (Å²) < 4.78 is 22.1. The van der Waals surface area contributed by atoms with Gasteiger partial charge in [-0.3, -0.25) is 0 Å². The summed E-state index contributed by atoms with van der Waals surface area (Å²) in [5.74, 6) is 1.74. The van der Waals surface area contributed by atoms with Gasteiger partial charge in [0.15, 0.2) is 0 Å². The van der Waals surface area contributed by atoms with E-state index in [9.17, 15) is 8.42 Å². The first kappa shape index (κ1) is 16.5. The molecule has 2 nitrogen and oxygen atoms in total. The zero-order valence-corrected chi connectivity index (χ0v) is 12.6. The van der Waals surface area contributed by atoms with Crippen molar-refractivity contribution in [1.29, 1.82) is 0 Å². The summed E-state index contributed by atoms with van der Waals surface area (Å²) in [6.07, 6.45) is 3.64. The molecule has 0 aromatic carbocycles. The van der Waals surface area contributed by atoms with Crippen LogP contribution in [0.4, 0.5) is 0 Å². The first-order valence-corrected chi connectivity index (χ1v) is 8.67. The molecule has 0 aliphatic carbocycles. The quantitative estimate of drug-likeness (QED) is 0.642. The number of sulfone groups is 1. The van der Waals surface area contributed by atoms with Crippen LogP contribution in [0.15, 0.2) is 0 Å². The Hall–Kier alpha value is 0.530. The maximum Gasteiger partial charge on any atom is 0.147 e. The lowest BCUT2D eigenvalue weighted by Crippen LogP contribution is -2.28. The molecule has 0 spiro atoms. The molecule has 98 valence electrons. The summed E-state index contributed by atoms with van der Waals surface area (Å²) in [6.45, 7) is 4.26. The lowest BCUT2D eigenvalue weighted by Gasteiger charge is -2.31. The van der Waals surface area contributed by atoms with Crippen molar-refractivity contribution in [2.45, 2.75) is 33.1 Å². The Morgan fingerprint density at radius 1 is 1.19 bits per heavy atom. The second-order valence-electron chi connectivity index (χ2n) is 5.10. The molecular weight excluding hydrogens is 267 g/mol. The first-order chi connectivity index (χ1) is 7.24. The maximum atomic E-state index is 11.0. The van der Waals surface area contributed by atoms with Gasteiger partial charge in [0.05, 0.1) is 0 Å². The molecule has 0 radical (unpaired) electrons. The normalized spacial score (nSPS) is 13.4. The minimum Gasteiger partial charge on any atom is -0.229 e. The van der Waals surface area contributed by atoms with E-state index in [2.05, 4.69) is 13.8 Å². The Bertz CT molecular complexity index is 282. The minimum atomic E-state index is -2.88. The fourth-order valence-corrected chi connectivity index (χ4v) is 3.40. The van der Waals surface area contributed by atoms with Gasteiger partial charge in [-0.05, 0) is 30.6 Å². The predicted octanol–water partition coefficient (Wildman–Crippen LogP) is 3.32. The van der Waals surface area contributed by atoms with Gasteiger partial charge in [-0.1, -0.05) is 13.8 Å². The van der Waals surface area contributed by atoms with E-state index >= 15 is 0 Å². The van der Waals surface area contributed by atoms with Crippen LogP contribution >= 0.6 is 23.2 Å². The highest BCUT2D eigenvalue weighted by Crippen LogP contribution is 2.34. The number of alkyl halides is 2. The molecule has 0 rings (SSSR count). The average molecular weight is 289 g/mol. The Balaban J connectivity index is 4.33. The molecule has 0 bridgehead atoms. The van der Waals surface area contributed by atoms with Crippen molar-refractivity contribution in [1.82, 2.24) is 0 Å². The van der Waals surface area contributed by atoms with Gasteiger partial charge in [0.1, 0.15) is 9.84 Å². The van der Waals surface area contributed by atoms with Crippen LogP contribution in [0.1, 0.15) is 33.1 Å². The minimum absolute atomic E-state index is 0.109. The Kier molecular flexibility index (Phi) is 7.31. The number of rotatable bonds is 8. The molecular formula is C11H22Cl2O2S. The molecule has 0 heterocycles. The molecule has 0 aromatic rings. The lowest BCUT2D eigenvalue weighted by atomic mass is 9.80. The summed E-state index contributed by atoms with van der Waals surface area (Å²) in [4.78, 5) is 0. The van der Waals surface area contributed by atoms with Crippen LogP contribution in [-0.4, -0.2) is 32.2 Å². The molecule has 0 saturated carbocycles. The highest BCUT2D eigenvalue weighted by atomic mass is 35.5. The summed E-state index contributed by atoms with van der Waals surface area (Å²) in [7, 11) is -2.88. The number of hydrogen-bond donors (Lipinski definition) is 0. The number of hydrogen-bond acceptors (Lipinski definition) is 2. The Morgan fingerprint density at radius 2 is 1.69 bits per heavy atom. The summed E-state index contributed by atoms with van der Waals surface area (Å²) >= 11 is 12.0. The molecule has 0 N–H and O–H groups in total. The van der Waals surface area contributed by atoms with E-state index in [1.807, 2.05) is 0 Å². The van der Waals surface area contributed by atoms with Crippen molar-refractivity contribution in [2.24, 2.45) is 11.3 Å². The molecule has 0 atom stereocenters. The Morgan fingerprint density at radius 3 is 2.00 bits per heavy atom. The second-order valence-corrected chi connectivity index (χ2v) is 7.89. The molecule has 16 heavy (non-hydrogen) atoms. The monoisotopic (exact) mass is 288 g/mol. The standard InChI is InChI=1S/C11H22Cl2O2S/c1-10(2)7-11(8-12,9-13)5-4-6-16(3,14)15/h10H,4-9H2,1-3H3. The number of halogens is 2. The molecule has 0 amide bonds. The summed E-state index contributed by atoms with van der Waals surface area (Å²) in [5, 5.41) is 0. The van der Waals surface area contributed by atoms with Crippen LogP contribution in [-0.2, 0) is 9.84 Å². The van der Waals surface area contributed by atoms with Gasteiger partial charge < -0.3 is 0 Å². The van der Waals surface area contributed by atoms with Crippen LogP contribution in [0, 0.1) is 11.3 Å². The SMILES string of the molecule is CC(C)CC(CCl)(CCl)CCCS(C)(=O)=O. The van der Waals surface area contributed by atoms with Crippen molar-refractivity contribution in [3.63, 3.8) is 0 Å². The third-order valence-corrected chi connectivity index (χ3v) is 4.79. The molecule has 0 aliphatic heterocycles. The van der Waals surface area contributed by atoms with E-state index in [0.717, 1.165) is 12.8 Å². The Labute approximate surface area is 110 Å². The predicted molar refractivity (Wildman–Crippen MR) is 72.3 cm³/mol. The topological polar surface area (TPSA) is 34.1 Å². The highest BCUT2D eigenvalue weighted by Gasteiger charge is 2.29. The van der Waals surface area contributed by atoms with Crippen molar-refractivity contribution in [2.75, 3.05) is 23.8 Å². The maximum absolute atomic E-state index is 11.0. The summed E-state index contributed by atoms with van der Waals surface area (Å²) in [6, 6.07) is 0. The fraction of sp³-hybridized carbons (Fsp3) is 1.00. The van der Waals surface area contributed by atoms with E-state index in [-0.39, 0.29) is 11.2 Å². The van der Waals surface area contributed by atoms with Crippen LogP contribution in [0.25, 0.3) is 0 Å². The largest absolute Gasteiger partial charge is 0.229 e. The molecule has 5 heteroatoms. The molecule has 0 unspecified atom stereocenters. The van der Waals surface area contributed by atoms with Crippen LogP contribution in [0.5, 0.6) is 0 Å². The van der Waals surface area contributed by atoms with Gasteiger partial charge in [0.25, 0.3) is 0 Å². The van der Waals surface area contributed by atoms with Crippen LogP contribution < -0.4 is 0 Å². The molecule has 0 aromatic heterocycles.